The zero-order valence-electron chi connectivity index (χ0n) is 19.0. The molecule has 14 heteroatoms. The fraction of sp³-hybridized carbons (Fsp3) is 0.364. The molecule has 0 aliphatic carbocycles. The van der Waals surface area contributed by atoms with Gasteiger partial charge in [-0.2, -0.15) is 0 Å². The minimum atomic E-state index is -1.60. The molecule has 0 aliphatic rings. The average Bonchev–Trinajstić information content (AvgIpc) is 3.22. The van der Waals surface area contributed by atoms with Crippen molar-refractivity contribution in [1.82, 2.24) is 20.9 Å². The van der Waals surface area contributed by atoms with Crippen molar-refractivity contribution in [3.63, 3.8) is 0 Å². The van der Waals surface area contributed by atoms with E-state index in [1.165, 1.54) is 0 Å². The van der Waals surface area contributed by atoms with Crippen LogP contribution in [0.1, 0.15) is 24.8 Å². The van der Waals surface area contributed by atoms with E-state index < -0.39 is 73.1 Å². The molecule has 0 aliphatic heterocycles. The molecule has 2 rings (SSSR count). The molecule has 3 unspecified atom stereocenters. The van der Waals surface area contributed by atoms with Gasteiger partial charge in [-0.05, 0) is 18.1 Å². The van der Waals surface area contributed by atoms with Gasteiger partial charge in [0.15, 0.2) is 0 Å². The monoisotopic (exact) mass is 505 g/mol. The fourth-order valence-corrected chi connectivity index (χ4v) is 3.33. The van der Waals surface area contributed by atoms with Crippen molar-refractivity contribution in [1.29, 1.82) is 0 Å². The van der Waals surface area contributed by atoms with Crippen molar-refractivity contribution in [2.45, 2.75) is 43.8 Å². The number of H-pyrrole nitrogens is 1. The molecule has 1 aromatic carbocycles. The predicted octanol–water partition coefficient (Wildman–Crippen LogP) is -1.45. The molecule has 1 heterocycles. The molecule has 36 heavy (non-hydrogen) atoms. The maximum atomic E-state index is 12.4. The van der Waals surface area contributed by atoms with Crippen LogP contribution in [0.3, 0.4) is 0 Å². The van der Waals surface area contributed by atoms with Crippen LogP contribution in [0.2, 0.25) is 0 Å². The summed E-state index contributed by atoms with van der Waals surface area (Å²) < 4.78 is 0. The summed E-state index contributed by atoms with van der Waals surface area (Å²) in [5.74, 6) is -6.72. The second kappa shape index (κ2) is 12.9. The molecule has 0 radical (unpaired) electrons. The summed E-state index contributed by atoms with van der Waals surface area (Å²) >= 11 is 0. The summed E-state index contributed by atoms with van der Waals surface area (Å²) in [4.78, 5) is 73.2. The quantitative estimate of drug-likeness (QED) is 0.148. The Morgan fingerprint density at radius 2 is 1.61 bits per heavy atom. The highest BCUT2D eigenvalue weighted by molar-refractivity contribution is 5.94. The number of fused-ring (bicyclic) bond motifs is 1. The SMILES string of the molecule is NC(CCC(=O)O)C(=O)NC(CC(=O)O)C(=O)NCC(=O)NC(Cc1c[nH]c2ccccc12)C(=O)O. The normalized spacial score (nSPS) is 13.2. The van der Waals surface area contributed by atoms with Crippen LogP contribution in [0.25, 0.3) is 10.9 Å². The number of hydrogen-bond acceptors (Lipinski definition) is 7. The Bertz CT molecular complexity index is 1150. The van der Waals surface area contributed by atoms with Crippen LogP contribution in [0.15, 0.2) is 30.5 Å². The van der Waals surface area contributed by atoms with E-state index in [0.717, 1.165) is 10.9 Å². The first-order valence-corrected chi connectivity index (χ1v) is 10.8. The maximum absolute atomic E-state index is 12.4. The summed E-state index contributed by atoms with van der Waals surface area (Å²) in [6, 6.07) is 3.01. The molecule has 3 atom stereocenters. The molecular weight excluding hydrogens is 478 g/mol. The van der Waals surface area contributed by atoms with Crippen molar-refractivity contribution in [3.8, 4) is 0 Å². The number of rotatable bonds is 14. The lowest BCUT2D eigenvalue weighted by molar-refractivity contribution is -0.142. The summed E-state index contributed by atoms with van der Waals surface area (Å²) in [6.45, 7) is -0.687. The fourth-order valence-electron chi connectivity index (χ4n) is 3.33. The Morgan fingerprint density at radius 3 is 2.25 bits per heavy atom. The van der Waals surface area contributed by atoms with Crippen molar-refractivity contribution in [2.75, 3.05) is 6.54 Å². The number of hydrogen-bond donors (Lipinski definition) is 8. The average molecular weight is 505 g/mol. The second-order valence-corrected chi connectivity index (χ2v) is 7.94. The van der Waals surface area contributed by atoms with Crippen LogP contribution in [0, 0.1) is 0 Å². The Balaban J connectivity index is 1.95. The first kappa shape index (κ1) is 27.8. The smallest absolute Gasteiger partial charge is 0.326 e. The van der Waals surface area contributed by atoms with E-state index in [-0.39, 0.29) is 12.8 Å². The molecular formula is C22H27N5O9. The van der Waals surface area contributed by atoms with Gasteiger partial charge in [0, 0.05) is 29.9 Å². The van der Waals surface area contributed by atoms with E-state index >= 15 is 0 Å². The van der Waals surface area contributed by atoms with Gasteiger partial charge in [-0.3, -0.25) is 24.0 Å². The van der Waals surface area contributed by atoms with Crippen LogP contribution in [0.5, 0.6) is 0 Å². The molecule has 0 fully saturated rings. The lowest BCUT2D eigenvalue weighted by atomic mass is 10.0. The number of aliphatic carboxylic acids is 3. The number of carbonyl (C=O) groups is 6. The lowest BCUT2D eigenvalue weighted by Crippen LogP contribution is -2.54. The molecule has 0 bridgehead atoms. The van der Waals surface area contributed by atoms with Gasteiger partial charge in [0.1, 0.15) is 12.1 Å². The van der Waals surface area contributed by atoms with E-state index in [9.17, 15) is 33.9 Å². The van der Waals surface area contributed by atoms with Crippen LogP contribution < -0.4 is 21.7 Å². The molecule has 2 aromatic rings. The minimum absolute atomic E-state index is 0.0367. The number of aromatic nitrogens is 1. The second-order valence-electron chi connectivity index (χ2n) is 7.94. The molecule has 14 nitrogen and oxygen atoms in total. The van der Waals surface area contributed by atoms with Gasteiger partial charge in [0.05, 0.1) is 19.0 Å². The van der Waals surface area contributed by atoms with Crippen molar-refractivity contribution >= 4 is 46.5 Å². The van der Waals surface area contributed by atoms with Crippen LogP contribution >= 0.6 is 0 Å². The standard InChI is InChI=1S/C22H27N5O9/c23-13(5-6-18(29)30)20(33)27-15(8-19(31)32)21(34)25-10-17(28)26-16(22(35)36)7-11-9-24-14-4-2-1-3-12(11)14/h1-4,9,13,15-16,24H,5-8,10,23H2,(H,25,34)(H,26,28)(H,27,33)(H,29,30)(H,31,32)(H,35,36). The van der Waals surface area contributed by atoms with E-state index in [1.54, 1.807) is 18.3 Å². The predicted molar refractivity (Wildman–Crippen MR) is 124 cm³/mol. The number of carbonyl (C=O) groups excluding carboxylic acids is 3. The maximum Gasteiger partial charge on any atom is 0.326 e. The number of nitrogens with one attached hydrogen (secondary N) is 4. The molecule has 0 spiro atoms. The van der Waals surface area contributed by atoms with Gasteiger partial charge in [0.2, 0.25) is 17.7 Å². The number of aromatic amines is 1. The summed E-state index contributed by atoms with van der Waals surface area (Å²) in [5, 5.41) is 34.6. The Labute approximate surface area is 204 Å². The number of para-hydroxylation sites is 1. The third kappa shape index (κ3) is 8.39. The van der Waals surface area contributed by atoms with E-state index in [1.807, 2.05) is 12.1 Å². The topological polar surface area (TPSA) is 241 Å². The highest BCUT2D eigenvalue weighted by Crippen LogP contribution is 2.19. The molecule has 1 aromatic heterocycles. The Morgan fingerprint density at radius 1 is 0.917 bits per heavy atom. The summed E-state index contributed by atoms with van der Waals surface area (Å²) in [7, 11) is 0. The molecule has 194 valence electrons. The Kier molecular flexibility index (Phi) is 9.92. The van der Waals surface area contributed by atoms with Gasteiger partial charge in [0.25, 0.3) is 0 Å². The van der Waals surface area contributed by atoms with Gasteiger partial charge in [-0.25, -0.2) is 4.79 Å². The van der Waals surface area contributed by atoms with Crippen LogP contribution in [-0.2, 0) is 35.2 Å². The molecule has 3 amide bonds. The molecule has 0 saturated carbocycles. The van der Waals surface area contributed by atoms with Crippen LogP contribution in [-0.4, -0.2) is 80.6 Å². The van der Waals surface area contributed by atoms with Crippen molar-refractivity contribution < 1.29 is 44.1 Å². The largest absolute Gasteiger partial charge is 0.481 e. The Hall–Kier alpha value is -4.46. The lowest BCUT2D eigenvalue weighted by Gasteiger charge is -2.19. The molecule has 0 saturated heterocycles. The van der Waals surface area contributed by atoms with Gasteiger partial charge < -0.3 is 42.0 Å². The highest BCUT2D eigenvalue weighted by atomic mass is 16.4. The highest BCUT2D eigenvalue weighted by Gasteiger charge is 2.27. The zero-order chi connectivity index (χ0) is 26.8. The van der Waals surface area contributed by atoms with E-state index in [4.69, 9.17) is 15.9 Å². The van der Waals surface area contributed by atoms with E-state index in [0.29, 0.717) is 5.56 Å². The summed E-state index contributed by atoms with van der Waals surface area (Å²) in [6.07, 6.45) is 0.120. The van der Waals surface area contributed by atoms with Gasteiger partial charge in [-0.15, -0.1) is 0 Å². The summed E-state index contributed by atoms with van der Waals surface area (Å²) in [5.41, 5.74) is 7.02. The number of benzene rings is 1. The van der Waals surface area contributed by atoms with Gasteiger partial charge in [-0.1, -0.05) is 18.2 Å². The number of nitrogens with two attached hydrogens (primary N) is 1. The number of carboxylic acid groups (broad SMARTS) is 3. The molecule has 9 N–H and O–H groups in total. The van der Waals surface area contributed by atoms with Crippen molar-refractivity contribution in [3.05, 3.63) is 36.0 Å². The third-order valence-corrected chi connectivity index (χ3v) is 5.17. The number of amides is 3. The van der Waals surface area contributed by atoms with Crippen LogP contribution in [0.4, 0.5) is 0 Å². The zero-order valence-corrected chi connectivity index (χ0v) is 19.0. The first-order valence-electron chi connectivity index (χ1n) is 10.8. The number of carboxylic acids is 3. The van der Waals surface area contributed by atoms with Gasteiger partial charge >= 0.3 is 17.9 Å². The third-order valence-electron chi connectivity index (χ3n) is 5.17. The van der Waals surface area contributed by atoms with Crippen molar-refractivity contribution in [2.24, 2.45) is 5.73 Å². The first-order chi connectivity index (χ1) is 17.0. The minimum Gasteiger partial charge on any atom is -0.481 e. The van der Waals surface area contributed by atoms with E-state index in [2.05, 4.69) is 20.9 Å².